The Balaban J connectivity index is 1.50. The second kappa shape index (κ2) is 10.9. The van der Waals surface area contributed by atoms with Crippen LogP contribution in [-0.2, 0) is 11.3 Å². The Labute approximate surface area is 212 Å². The topological polar surface area (TPSA) is 132 Å². The van der Waals surface area contributed by atoms with E-state index in [0.29, 0.717) is 68.6 Å². The van der Waals surface area contributed by atoms with Gasteiger partial charge >= 0.3 is 0 Å². The molecule has 3 aromatic heterocycles. The Morgan fingerprint density at radius 1 is 1.19 bits per heavy atom. The zero-order valence-corrected chi connectivity index (χ0v) is 20.8. The molecule has 1 saturated heterocycles. The van der Waals surface area contributed by atoms with Crippen LogP contribution in [0.2, 0.25) is 0 Å². The van der Waals surface area contributed by atoms with Crippen LogP contribution in [0.1, 0.15) is 34.9 Å². The number of ether oxygens (including phenoxy) is 2. The van der Waals surface area contributed by atoms with E-state index < -0.39 is 6.04 Å². The fourth-order valence-electron chi connectivity index (χ4n) is 4.64. The summed E-state index contributed by atoms with van der Waals surface area (Å²) in [6.07, 6.45) is 1.49. The number of furan rings is 1. The molecule has 1 N–H and O–H groups in total. The number of rotatable bonds is 9. The minimum Gasteiger partial charge on any atom is -0.494 e. The van der Waals surface area contributed by atoms with Gasteiger partial charge in [-0.3, -0.25) is 14.5 Å². The number of carbonyl (C=O) groups is 1. The van der Waals surface area contributed by atoms with Crippen molar-refractivity contribution < 1.29 is 18.7 Å². The van der Waals surface area contributed by atoms with Crippen LogP contribution in [0, 0.1) is 0 Å². The van der Waals surface area contributed by atoms with Gasteiger partial charge in [-0.15, -0.1) is 5.10 Å². The van der Waals surface area contributed by atoms with E-state index in [-0.39, 0.29) is 11.5 Å². The van der Waals surface area contributed by atoms with Gasteiger partial charge < -0.3 is 23.8 Å². The van der Waals surface area contributed by atoms with Crippen LogP contribution in [0.5, 0.6) is 5.75 Å². The summed E-state index contributed by atoms with van der Waals surface area (Å²) < 4.78 is 17.8. The summed E-state index contributed by atoms with van der Waals surface area (Å²) in [5, 5.41) is 13.2. The fourth-order valence-corrected chi connectivity index (χ4v) is 4.64. The molecule has 4 heterocycles. The number of H-pyrrole nitrogens is 1. The molecule has 0 unspecified atom stereocenters. The lowest BCUT2D eigenvalue weighted by atomic mass is 10.0. The number of aromatic amines is 1. The van der Waals surface area contributed by atoms with Gasteiger partial charge in [-0.05, 0) is 53.7 Å². The first-order chi connectivity index (χ1) is 18.1. The van der Waals surface area contributed by atoms with Crippen LogP contribution < -0.4 is 10.3 Å². The van der Waals surface area contributed by atoms with Gasteiger partial charge in [0.25, 0.3) is 11.5 Å². The van der Waals surface area contributed by atoms with Crippen molar-refractivity contribution in [2.45, 2.75) is 19.5 Å². The summed E-state index contributed by atoms with van der Waals surface area (Å²) in [5.41, 5.74) is 1.00. The Kier molecular flexibility index (Phi) is 7.28. The van der Waals surface area contributed by atoms with Gasteiger partial charge in [0.1, 0.15) is 11.8 Å². The smallest absolute Gasteiger partial charge is 0.289 e. The quantitative estimate of drug-likeness (QED) is 0.359. The summed E-state index contributed by atoms with van der Waals surface area (Å²) in [6, 6.07) is 10.3. The van der Waals surface area contributed by atoms with E-state index in [2.05, 4.69) is 25.4 Å². The van der Waals surface area contributed by atoms with Crippen molar-refractivity contribution in [3.05, 3.63) is 70.2 Å². The van der Waals surface area contributed by atoms with E-state index in [9.17, 15) is 9.59 Å². The molecule has 194 valence electrons. The van der Waals surface area contributed by atoms with Gasteiger partial charge in [-0.25, -0.2) is 4.68 Å². The summed E-state index contributed by atoms with van der Waals surface area (Å²) >= 11 is 0. The third-order valence-corrected chi connectivity index (χ3v) is 6.46. The predicted octanol–water partition coefficient (Wildman–Crippen LogP) is 1.70. The Morgan fingerprint density at radius 2 is 2.03 bits per heavy atom. The Bertz CT molecular complexity index is 1410. The van der Waals surface area contributed by atoms with Crippen molar-refractivity contribution in [1.29, 1.82) is 0 Å². The summed E-state index contributed by atoms with van der Waals surface area (Å²) in [7, 11) is 1.61. The zero-order chi connectivity index (χ0) is 25.8. The zero-order valence-electron chi connectivity index (χ0n) is 20.8. The van der Waals surface area contributed by atoms with Gasteiger partial charge in [0.2, 0.25) is 0 Å². The molecule has 0 bridgehead atoms. The number of nitrogens with zero attached hydrogens (tertiary/aromatic N) is 6. The lowest BCUT2D eigenvalue weighted by Gasteiger charge is -2.38. The lowest BCUT2D eigenvalue weighted by Crippen LogP contribution is -2.50. The predicted molar refractivity (Wildman–Crippen MR) is 133 cm³/mol. The van der Waals surface area contributed by atoms with Crippen LogP contribution in [0.25, 0.3) is 10.9 Å². The molecule has 0 saturated carbocycles. The number of pyridine rings is 1. The lowest BCUT2D eigenvalue weighted by molar-refractivity contribution is 0.0557. The summed E-state index contributed by atoms with van der Waals surface area (Å²) in [6.45, 7) is 5.29. The van der Waals surface area contributed by atoms with Gasteiger partial charge in [0, 0.05) is 49.8 Å². The van der Waals surface area contributed by atoms with Crippen molar-refractivity contribution in [2.75, 3.05) is 46.5 Å². The number of hydrogen-bond donors (Lipinski definition) is 1. The van der Waals surface area contributed by atoms with Crippen molar-refractivity contribution in [3.63, 3.8) is 0 Å². The highest BCUT2D eigenvalue weighted by atomic mass is 16.5. The molecule has 1 aliphatic heterocycles. The number of hydrogen-bond acceptors (Lipinski definition) is 9. The first-order valence-electron chi connectivity index (χ1n) is 12.2. The molecular formula is C25H29N7O5. The number of tetrazole rings is 1. The SMILES string of the molecule is CCOc1ccc2[nH]c(=O)c([C@H](c3nnnn3CCOC)N3CCN(C(=O)c4ccco4)CC3)cc2c1. The van der Waals surface area contributed by atoms with E-state index >= 15 is 0 Å². The minimum absolute atomic E-state index is 0.155. The molecule has 1 aromatic carbocycles. The highest BCUT2D eigenvalue weighted by Gasteiger charge is 2.34. The highest BCUT2D eigenvalue weighted by molar-refractivity contribution is 5.91. The van der Waals surface area contributed by atoms with Gasteiger partial charge in [-0.1, -0.05) is 0 Å². The Hall–Kier alpha value is -4.03. The molecule has 12 heteroatoms. The maximum absolute atomic E-state index is 13.4. The van der Waals surface area contributed by atoms with Crippen LogP contribution in [0.15, 0.2) is 51.9 Å². The molecule has 0 radical (unpaired) electrons. The number of aromatic nitrogens is 5. The maximum Gasteiger partial charge on any atom is 0.289 e. The van der Waals surface area contributed by atoms with Crippen LogP contribution in [0.4, 0.5) is 0 Å². The van der Waals surface area contributed by atoms with Gasteiger partial charge in [0.05, 0.1) is 26.0 Å². The third kappa shape index (κ3) is 5.11. The summed E-state index contributed by atoms with van der Waals surface area (Å²) in [4.78, 5) is 33.1. The van der Waals surface area contributed by atoms with Crippen molar-refractivity contribution >= 4 is 16.8 Å². The molecule has 0 spiro atoms. The van der Waals surface area contributed by atoms with Gasteiger partial charge in [0.15, 0.2) is 11.6 Å². The molecular weight excluding hydrogens is 478 g/mol. The fraction of sp³-hybridized carbons (Fsp3) is 0.400. The van der Waals surface area contributed by atoms with Crippen molar-refractivity contribution in [3.8, 4) is 5.75 Å². The van der Waals surface area contributed by atoms with Gasteiger partial charge in [-0.2, -0.15) is 0 Å². The molecule has 37 heavy (non-hydrogen) atoms. The number of methoxy groups -OCH3 is 1. The van der Waals surface area contributed by atoms with E-state index in [1.54, 1.807) is 28.8 Å². The number of nitrogens with one attached hydrogen (secondary N) is 1. The van der Waals surface area contributed by atoms with E-state index in [0.717, 1.165) is 11.1 Å². The second-order valence-electron chi connectivity index (χ2n) is 8.70. The molecule has 1 fully saturated rings. The molecule has 1 atom stereocenters. The standard InChI is InChI=1S/C25H29N7O5/c1-3-36-18-6-7-20-17(15-18)16-19(24(33)26-20)22(23-27-28-29-32(23)12-14-35-2)30-8-10-31(11-9-30)25(34)21-5-4-13-37-21/h4-7,13,15-16,22H,3,8-12,14H2,1-2H3,(H,26,33)/t22-/m1/s1. The number of carbonyl (C=O) groups excluding carboxylic acids is 1. The molecule has 5 rings (SSSR count). The van der Waals surface area contributed by atoms with E-state index in [1.165, 1.54) is 6.26 Å². The first-order valence-corrected chi connectivity index (χ1v) is 12.2. The average molecular weight is 508 g/mol. The van der Waals surface area contributed by atoms with E-state index in [4.69, 9.17) is 13.9 Å². The van der Waals surface area contributed by atoms with Crippen molar-refractivity contribution in [1.82, 2.24) is 35.0 Å². The minimum atomic E-state index is -0.531. The van der Waals surface area contributed by atoms with Crippen LogP contribution in [-0.4, -0.2) is 87.4 Å². The Morgan fingerprint density at radius 3 is 2.76 bits per heavy atom. The number of benzene rings is 1. The molecule has 4 aromatic rings. The maximum atomic E-state index is 13.4. The highest BCUT2D eigenvalue weighted by Crippen LogP contribution is 2.29. The number of fused-ring (bicyclic) bond motifs is 1. The largest absolute Gasteiger partial charge is 0.494 e. The number of amides is 1. The first kappa shape index (κ1) is 24.7. The van der Waals surface area contributed by atoms with Crippen LogP contribution >= 0.6 is 0 Å². The van der Waals surface area contributed by atoms with Crippen molar-refractivity contribution in [2.24, 2.45) is 0 Å². The third-order valence-electron chi connectivity index (χ3n) is 6.46. The second-order valence-corrected chi connectivity index (χ2v) is 8.70. The van der Waals surface area contributed by atoms with E-state index in [1.807, 2.05) is 31.2 Å². The molecule has 0 aliphatic carbocycles. The average Bonchev–Trinajstić information content (AvgIpc) is 3.61. The molecule has 1 amide bonds. The monoisotopic (exact) mass is 507 g/mol. The number of piperazine rings is 1. The van der Waals surface area contributed by atoms with Crippen LogP contribution in [0.3, 0.4) is 0 Å². The normalized spacial score (nSPS) is 15.2. The molecule has 1 aliphatic rings. The summed E-state index contributed by atoms with van der Waals surface area (Å²) in [5.74, 6) is 1.41. The molecule has 12 nitrogen and oxygen atoms in total.